The Balaban J connectivity index is 1.95. The largest absolute Gasteiger partial charge is 0.487 e. The molecule has 0 fully saturated rings. The van der Waals surface area contributed by atoms with Gasteiger partial charge in [-0.3, -0.25) is 4.79 Å². The van der Waals surface area contributed by atoms with Crippen LogP contribution in [0.1, 0.15) is 22.8 Å². The van der Waals surface area contributed by atoms with Gasteiger partial charge in [0.05, 0.1) is 19.7 Å². The molecule has 0 atom stereocenters. The van der Waals surface area contributed by atoms with Crippen LogP contribution in [0.25, 0.3) is 0 Å². The van der Waals surface area contributed by atoms with E-state index in [0.29, 0.717) is 22.9 Å². The minimum Gasteiger partial charge on any atom is -0.487 e. The zero-order valence-corrected chi connectivity index (χ0v) is 14.6. The molecule has 0 aliphatic heterocycles. The summed E-state index contributed by atoms with van der Waals surface area (Å²) in [6, 6.07) is 15.6. The van der Waals surface area contributed by atoms with Crippen molar-refractivity contribution in [3.05, 3.63) is 64.7 Å². The first kappa shape index (κ1) is 17.5. The Kier molecular flexibility index (Phi) is 5.80. The molecule has 0 aromatic heterocycles. The molecule has 2 aromatic carbocycles. The van der Waals surface area contributed by atoms with Gasteiger partial charge in [0.2, 0.25) is 0 Å². The van der Waals surface area contributed by atoms with E-state index in [1.54, 1.807) is 18.2 Å². The van der Waals surface area contributed by atoms with Gasteiger partial charge in [0, 0.05) is 10.6 Å². The maximum absolute atomic E-state index is 11.7. The molecule has 0 bridgehead atoms. The van der Waals surface area contributed by atoms with E-state index in [1.807, 2.05) is 6.07 Å². The molecule has 3 nitrogen and oxygen atoms in total. The van der Waals surface area contributed by atoms with Crippen LogP contribution in [0.2, 0.25) is 5.02 Å². The Morgan fingerprint density at radius 1 is 1.13 bits per heavy atom. The van der Waals surface area contributed by atoms with Gasteiger partial charge in [-0.25, -0.2) is 0 Å². The summed E-state index contributed by atoms with van der Waals surface area (Å²) < 4.78 is 6.64. The fourth-order valence-electron chi connectivity index (χ4n) is 2.46. The van der Waals surface area contributed by atoms with E-state index in [1.165, 1.54) is 12.5 Å². The fourth-order valence-corrected chi connectivity index (χ4v) is 2.63. The van der Waals surface area contributed by atoms with Crippen molar-refractivity contribution in [3.8, 4) is 5.75 Å². The minimum absolute atomic E-state index is 0.0412. The van der Waals surface area contributed by atoms with Gasteiger partial charge in [0.25, 0.3) is 0 Å². The third kappa shape index (κ3) is 5.38. The summed E-state index contributed by atoms with van der Waals surface area (Å²) in [5.74, 6) is 0.558. The van der Waals surface area contributed by atoms with Crippen LogP contribution in [0.5, 0.6) is 5.75 Å². The summed E-state index contributed by atoms with van der Waals surface area (Å²) in [4.78, 5) is 11.7. The van der Waals surface area contributed by atoms with E-state index < -0.39 is 0 Å². The van der Waals surface area contributed by atoms with Gasteiger partial charge in [-0.1, -0.05) is 41.9 Å². The zero-order valence-electron chi connectivity index (χ0n) is 13.9. The molecule has 0 N–H and O–H groups in total. The topological polar surface area (TPSA) is 26.3 Å². The van der Waals surface area contributed by atoms with Crippen LogP contribution in [-0.2, 0) is 6.54 Å². The molecule has 0 saturated carbocycles. The molecule has 0 spiro atoms. The Hall–Kier alpha value is -1.84. The van der Waals surface area contributed by atoms with Crippen molar-refractivity contribution in [2.24, 2.45) is 0 Å². The highest BCUT2D eigenvalue weighted by Crippen LogP contribution is 2.23. The highest BCUT2D eigenvalue weighted by atomic mass is 35.5. The molecule has 0 aliphatic carbocycles. The third-order valence-corrected chi connectivity index (χ3v) is 3.96. The van der Waals surface area contributed by atoms with E-state index in [0.717, 1.165) is 17.6 Å². The normalized spacial score (nSPS) is 11.3. The van der Waals surface area contributed by atoms with E-state index in [9.17, 15) is 4.79 Å². The SMILES string of the molecule is CC(=O)c1cc(Cl)ccc1OCC[N+](C)(C)Cc1ccccc1. The number of Topliss-reactive ketones (excluding diaryl/α,β-unsaturated/α-hetero) is 1. The first-order valence-electron chi connectivity index (χ1n) is 7.67. The van der Waals surface area contributed by atoms with Crippen LogP contribution in [0.15, 0.2) is 48.5 Å². The molecule has 0 aliphatic rings. The Labute approximate surface area is 143 Å². The second kappa shape index (κ2) is 7.62. The second-order valence-corrected chi connectivity index (χ2v) is 6.78. The summed E-state index contributed by atoms with van der Waals surface area (Å²) in [6.45, 7) is 3.84. The first-order valence-corrected chi connectivity index (χ1v) is 8.04. The third-order valence-electron chi connectivity index (χ3n) is 3.73. The molecule has 0 heterocycles. The molecule has 2 aromatic rings. The maximum Gasteiger partial charge on any atom is 0.163 e. The van der Waals surface area contributed by atoms with Crippen LogP contribution in [0, 0.1) is 0 Å². The summed E-state index contributed by atoms with van der Waals surface area (Å²) in [6.07, 6.45) is 0. The average molecular weight is 333 g/mol. The number of carbonyl (C=O) groups excluding carboxylic acids is 1. The van der Waals surface area contributed by atoms with E-state index in [2.05, 4.69) is 38.4 Å². The Morgan fingerprint density at radius 3 is 2.48 bits per heavy atom. The number of ketones is 1. The van der Waals surface area contributed by atoms with E-state index >= 15 is 0 Å². The molecule has 0 amide bonds. The Bertz CT molecular complexity index is 668. The molecule has 23 heavy (non-hydrogen) atoms. The quantitative estimate of drug-likeness (QED) is 0.561. The lowest BCUT2D eigenvalue weighted by atomic mass is 10.1. The molecule has 2 rings (SSSR count). The van der Waals surface area contributed by atoms with Gasteiger partial charge in [-0.05, 0) is 25.1 Å². The lowest BCUT2D eigenvalue weighted by Crippen LogP contribution is -2.42. The monoisotopic (exact) mass is 332 g/mol. The highest BCUT2D eigenvalue weighted by Gasteiger charge is 2.17. The summed E-state index contributed by atoms with van der Waals surface area (Å²) in [5.41, 5.74) is 1.83. The van der Waals surface area contributed by atoms with Crippen LogP contribution in [0.4, 0.5) is 0 Å². The first-order chi connectivity index (χ1) is 10.9. The van der Waals surface area contributed by atoms with Crippen molar-refractivity contribution < 1.29 is 14.0 Å². The van der Waals surface area contributed by atoms with Crippen molar-refractivity contribution in [2.45, 2.75) is 13.5 Å². The van der Waals surface area contributed by atoms with Crippen LogP contribution in [0.3, 0.4) is 0 Å². The van der Waals surface area contributed by atoms with Gasteiger partial charge in [0.1, 0.15) is 25.4 Å². The van der Waals surface area contributed by atoms with Crippen LogP contribution < -0.4 is 4.74 Å². The number of likely N-dealkylation sites (N-methyl/N-ethyl adjacent to an activating group) is 1. The molecule has 0 unspecified atom stereocenters. The predicted octanol–water partition coefficient (Wildman–Crippen LogP) is 4.20. The average Bonchev–Trinajstić information content (AvgIpc) is 2.49. The van der Waals surface area contributed by atoms with Crippen molar-refractivity contribution in [1.29, 1.82) is 0 Å². The van der Waals surface area contributed by atoms with Crippen molar-refractivity contribution in [1.82, 2.24) is 0 Å². The standard InChI is InChI=1S/C19H23ClNO2/c1-15(22)18-13-17(20)9-10-19(18)23-12-11-21(2,3)14-16-7-5-4-6-8-16/h4-10,13H,11-12,14H2,1-3H3/q+1. The van der Waals surface area contributed by atoms with Crippen molar-refractivity contribution in [3.63, 3.8) is 0 Å². The lowest BCUT2D eigenvalue weighted by molar-refractivity contribution is -0.903. The van der Waals surface area contributed by atoms with E-state index in [-0.39, 0.29) is 5.78 Å². The number of hydrogen-bond donors (Lipinski definition) is 0. The number of rotatable bonds is 7. The van der Waals surface area contributed by atoms with Gasteiger partial charge in [0.15, 0.2) is 5.78 Å². The fraction of sp³-hybridized carbons (Fsp3) is 0.316. The molecule has 4 heteroatoms. The number of halogens is 1. The van der Waals surface area contributed by atoms with Gasteiger partial charge in [-0.15, -0.1) is 0 Å². The molecule has 0 saturated heterocycles. The molecule has 122 valence electrons. The lowest BCUT2D eigenvalue weighted by Gasteiger charge is -2.29. The number of quaternary nitrogens is 1. The molecular formula is C19H23ClNO2+. The summed E-state index contributed by atoms with van der Waals surface area (Å²) >= 11 is 5.95. The highest BCUT2D eigenvalue weighted by molar-refractivity contribution is 6.31. The van der Waals surface area contributed by atoms with E-state index in [4.69, 9.17) is 16.3 Å². The number of nitrogens with zero attached hydrogens (tertiary/aromatic N) is 1. The number of benzene rings is 2. The van der Waals surface area contributed by atoms with Crippen molar-refractivity contribution in [2.75, 3.05) is 27.2 Å². The van der Waals surface area contributed by atoms with Crippen LogP contribution >= 0.6 is 11.6 Å². The smallest absolute Gasteiger partial charge is 0.163 e. The van der Waals surface area contributed by atoms with Gasteiger partial charge >= 0.3 is 0 Å². The predicted molar refractivity (Wildman–Crippen MR) is 94.1 cm³/mol. The maximum atomic E-state index is 11.7. The second-order valence-electron chi connectivity index (χ2n) is 6.35. The van der Waals surface area contributed by atoms with Gasteiger partial charge < -0.3 is 9.22 Å². The number of ether oxygens (including phenoxy) is 1. The van der Waals surface area contributed by atoms with Crippen LogP contribution in [-0.4, -0.2) is 37.5 Å². The number of hydrogen-bond acceptors (Lipinski definition) is 2. The molecular weight excluding hydrogens is 310 g/mol. The Morgan fingerprint density at radius 2 is 1.83 bits per heavy atom. The summed E-state index contributed by atoms with van der Waals surface area (Å²) in [5, 5.41) is 0.544. The number of carbonyl (C=O) groups is 1. The zero-order chi connectivity index (χ0) is 16.9. The van der Waals surface area contributed by atoms with Crippen molar-refractivity contribution >= 4 is 17.4 Å². The van der Waals surface area contributed by atoms with Gasteiger partial charge in [-0.2, -0.15) is 0 Å². The summed E-state index contributed by atoms with van der Waals surface area (Å²) in [7, 11) is 4.34. The minimum atomic E-state index is -0.0412. The molecule has 0 radical (unpaired) electrons.